The average Bonchev–Trinajstić information content (AvgIpc) is 2.36. The second-order valence-electron chi connectivity index (χ2n) is 3.77. The van der Waals surface area contributed by atoms with Gasteiger partial charge in [-0.3, -0.25) is 4.79 Å². The standard InChI is InChI=1S/C12H15BrClNO2/c1-8(7-14)15(2)12(16)10-6-9(17-3)4-5-11(10)13/h4-6,8H,7H2,1-3H3. The third-order valence-electron chi connectivity index (χ3n) is 2.61. The van der Waals surface area contributed by atoms with Crippen molar-refractivity contribution < 1.29 is 9.53 Å². The van der Waals surface area contributed by atoms with Crippen LogP contribution in [0, 0.1) is 0 Å². The molecular formula is C12H15BrClNO2. The highest BCUT2D eigenvalue weighted by atomic mass is 79.9. The Morgan fingerprint density at radius 2 is 2.24 bits per heavy atom. The lowest BCUT2D eigenvalue weighted by Gasteiger charge is -2.23. The summed E-state index contributed by atoms with van der Waals surface area (Å²) in [5.41, 5.74) is 0.573. The summed E-state index contributed by atoms with van der Waals surface area (Å²) in [5, 5.41) is 0. The Bertz CT molecular complexity index is 411. The highest BCUT2D eigenvalue weighted by Gasteiger charge is 2.19. The van der Waals surface area contributed by atoms with Crippen LogP contribution in [0.4, 0.5) is 0 Å². The number of alkyl halides is 1. The van der Waals surface area contributed by atoms with Crippen molar-refractivity contribution in [2.24, 2.45) is 0 Å². The van der Waals surface area contributed by atoms with E-state index in [1.165, 1.54) is 0 Å². The highest BCUT2D eigenvalue weighted by molar-refractivity contribution is 9.10. The molecule has 94 valence electrons. The molecule has 1 amide bonds. The van der Waals surface area contributed by atoms with Crippen LogP contribution in [0.3, 0.4) is 0 Å². The Morgan fingerprint density at radius 3 is 2.76 bits per heavy atom. The van der Waals surface area contributed by atoms with Gasteiger partial charge < -0.3 is 9.64 Å². The lowest BCUT2D eigenvalue weighted by Crippen LogP contribution is -2.36. The Kier molecular flexibility index (Phi) is 5.28. The Balaban J connectivity index is 3.02. The molecule has 0 aliphatic heterocycles. The molecule has 1 atom stereocenters. The Labute approximate surface area is 115 Å². The number of methoxy groups -OCH3 is 1. The zero-order chi connectivity index (χ0) is 13.0. The summed E-state index contributed by atoms with van der Waals surface area (Å²) < 4.78 is 5.86. The van der Waals surface area contributed by atoms with Crippen LogP contribution in [-0.4, -0.2) is 36.9 Å². The number of amides is 1. The number of benzene rings is 1. The second-order valence-corrected chi connectivity index (χ2v) is 4.93. The van der Waals surface area contributed by atoms with Crippen LogP contribution < -0.4 is 4.74 Å². The first-order valence-corrected chi connectivity index (χ1v) is 6.50. The molecule has 0 bridgehead atoms. The summed E-state index contributed by atoms with van der Waals surface area (Å²) in [4.78, 5) is 13.8. The fourth-order valence-corrected chi connectivity index (χ4v) is 1.91. The maximum absolute atomic E-state index is 12.2. The van der Waals surface area contributed by atoms with Crippen molar-refractivity contribution in [1.29, 1.82) is 0 Å². The zero-order valence-corrected chi connectivity index (χ0v) is 12.4. The number of hydrogen-bond acceptors (Lipinski definition) is 2. The summed E-state index contributed by atoms with van der Waals surface area (Å²) in [6.45, 7) is 1.90. The number of nitrogens with zero attached hydrogens (tertiary/aromatic N) is 1. The van der Waals surface area contributed by atoms with Crippen molar-refractivity contribution >= 4 is 33.4 Å². The average molecular weight is 321 g/mol. The summed E-state index contributed by atoms with van der Waals surface area (Å²) in [7, 11) is 3.31. The predicted octanol–water partition coefficient (Wildman–Crippen LogP) is 3.16. The van der Waals surface area contributed by atoms with E-state index in [0.29, 0.717) is 17.2 Å². The van der Waals surface area contributed by atoms with Crippen LogP contribution in [0.2, 0.25) is 0 Å². The van der Waals surface area contributed by atoms with Gasteiger partial charge in [0, 0.05) is 23.4 Å². The Hall–Kier alpha value is -0.740. The number of rotatable bonds is 4. The fraction of sp³-hybridized carbons (Fsp3) is 0.417. The van der Waals surface area contributed by atoms with E-state index < -0.39 is 0 Å². The zero-order valence-electron chi connectivity index (χ0n) is 10.0. The molecular weight excluding hydrogens is 305 g/mol. The fourth-order valence-electron chi connectivity index (χ4n) is 1.29. The molecule has 0 aliphatic carbocycles. The van der Waals surface area contributed by atoms with Gasteiger partial charge in [0.2, 0.25) is 0 Å². The van der Waals surface area contributed by atoms with Gasteiger partial charge in [-0.15, -0.1) is 11.6 Å². The first-order chi connectivity index (χ1) is 8.01. The smallest absolute Gasteiger partial charge is 0.255 e. The molecule has 1 aromatic rings. The molecule has 0 saturated carbocycles. The molecule has 0 radical (unpaired) electrons. The van der Waals surface area contributed by atoms with Crippen molar-refractivity contribution in [2.75, 3.05) is 20.0 Å². The third kappa shape index (κ3) is 3.36. The predicted molar refractivity (Wildman–Crippen MR) is 73.0 cm³/mol. The summed E-state index contributed by atoms with van der Waals surface area (Å²) >= 11 is 9.11. The van der Waals surface area contributed by atoms with Gasteiger partial charge in [-0.05, 0) is 41.1 Å². The van der Waals surface area contributed by atoms with E-state index in [2.05, 4.69) is 15.9 Å². The number of ether oxygens (including phenoxy) is 1. The van der Waals surface area contributed by atoms with E-state index in [1.807, 2.05) is 6.92 Å². The van der Waals surface area contributed by atoms with Gasteiger partial charge in [0.1, 0.15) is 5.75 Å². The first kappa shape index (κ1) is 14.3. The van der Waals surface area contributed by atoms with Crippen molar-refractivity contribution in [3.63, 3.8) is 0 Å². The maximum Gasteiger partial charge on any atom is 0.255 e. The van der Waals surface area contributed by atoms with E-state index in [0.717, 1.165) is 4.47 Å². The third-order valence-corrected chi connectivity index (χ3v) is 3.75. The minimum Gasteiger partial charge on any atom is -0.497 e. The van der Waals surface area contributed by atoms with Gasteiger partial charge in [0.15, 0.2) is 0 Å². The molecule has 0 saturated heterocycles. The van der Waals surface area contributed by atoms with Crippen LogP contribution >= 0.6 is 27.5 Å². The van der Waals surface area contributed by atoms with Gasteiger partial charge in [-0.25, -0.2) is 0 Å². The SMILES string of the molecule is COc1ccc(Br)c(C(=O)N(C)C(C)CCl)c1. The van der Waals surface area contributed by atoms with Gasteiger partial charge in [0.25, 0.3) is 5.91 Å². The minimum absolute atomic E-state index is 0.0118. The normalized spacial score (nSPS) is 12.1. The highest BCUT2D eigenvalue weighted by Crippen LogP contribution is 2.24. The number of hydrogen-bond donors (Lipinski definition) is 0. The molecule has 0 spiro atoms. The number of carbonyl (C=O) groups is 1. The number of carbonyl (C=O) groups excluding carboxylic acids is 1. The molecule has 5 heteroatoms. The first-order valence-electron chi connectivity index (χ1n) is 5.18. The summed E-state index contributed by atoms with van der Waals surface area (Å²) in [6, 6.07) is 5.29. The van der Waals surface area contributed by atoms with E-state index in [4.69, 9.17) is 16.3 Å². The summed E-state index contributed by atoms with van der Waals surface area (Å²) in [5.74, 6) is 0.983. The molecule has 0 aromatic heterocycles. The summed E-state index contributed by atoms with van der Waals surface area (Å²) in [6.07, 6.45) is 0. The molecule has 1 aromatic carbocycles. The van der Waals surface area contributed by atoms with Crippen molar-refractivity contribution in [3.8, 4) is 5.75 Å². The minimum atomic E-state index is -0.0797. The van der Waals surface area contributed by atoms with Crippen molar-refractivity contribution in [1.82, 2.24) is 4.90 Å². The quantitative estimate of drug-likeness (QED) is 0.798. The van der Waals surface area contributed by atoms with Crippen LogP contribution in [0.15, 0.2) is 22.7 Å². The molecule has 0 N–H and O–H groups in total. The van der Waals surface area contributed by atoms with Crippen LogP contribution in [0.1, 0.15) is 17.3 Å². The van der Waals surface area contributed by atoms with Crippen LogP contribution in [-0.2, 0) is 0 Å². The van der Waals surface area contributed by atoms with Gasteiger partial charge in [-0.2, -0.15) is 0 Å². The molecule has 17 heavy (non-hydrogen) atoms. The van der Waals surface area contributed by atoms with E-state index >= 15 is 0 Å². The van der Waals surface area contributed by atoms with Crippen LogP contribution in [0.25, 0.3) is 0 Å². The van der Waals surface area contributed by atoms with Gasteiger partial charge in [-0.1, -0.05) is 0 Å². The monoisotopic (exact) mass is 319 g/mol. The van der Waals surface area contributed by atoms with Crippen molar-refractivity contribution in [2.45, 2.75) is 13.0 Å². The van der Waals surface area contributed by atoms with E-state index in [9.17, 15) is 4.79 Å². The largest absolute Gasteiger partial charge is 0.497 e. The lowest BCUT2D eigenvalue weighted by molar-refractivity contribution is 0.0755. The van der Waals surface area contributed by atoms with Gasteiger partial charge >= 0.3 is 0 Å². The molecule has 0 heterocycles. The van der Waals surface area contributed by atoms with E-state index in [1.54, 1.807) is 37.3 Å². The maximum atomic E-state index is 12.2. The van der Waals surface area contributed by atoms with Crippen molar-refractivity contribution in [3.05, 3.63) is 28.2 Å². The Morgan fingerprint density at radius 1 is 1.59 bits per heavy atom. The topological polar surface area (TPSA) is 29.5 Å². The second kappa shape index (κ2) is 6.26. The molecule has 0 fully saturated rings. The van der Waals surface area contributed by atoms with Gasteiger partial charge in [0.05, 0.1) is 12.7 Å². The lowest BCUT2D eigenvalue weighted by atomic mass is 10.1. The van der Waals surface area contributed by atoms with E-state index in [-0.39, 0.29) is 11.9 Å². The molecule has 1 unspecified atom stereocenters. The molecule has 1 rings (SSSR count). The molecule has 3 nitrogen and oxygen atoms in total. The number of halogens is 2. The molecule has 0 aliphatic rings. The van der Waals surface area contributed by atoms with Crippen LogP contribution in [0.5, 0.6) is 5.75 Å².